The summed E-state index contributed by atoms with van der Waals surface area (Å²) >= 11 is 1.53. The Morgan fingerprint density at radius 1 is 1.09 bits per heavy atom. The zero-order valence-electron chi connectivity index (χ0n) is 19.9. The van der Waals surface area contributed by atoms with Gasteiger partial charge in [-0.1, -0.05) is 60.3 Å². The van der Waals surface area contributed by atoms with E-state index in [1.165, 1.54) is 17.1 Å². The fourth-order valence-corrected chi connectivity index (χ4v) is 5.24. The lowest BCUT2D eigenvalue weighted by Crippen LogP contribution is -2.34. The number of hydrogen-bond acceptors (Lipinski definition) is 7. The average molecular weight is 487 g/mol. The number of allylic oxidation sites excluding steroid dienone is 1. The SMILES string of the molecule is CCOC(=O)C1=C(C)N=C2SC=CN2[C@@H]1c1ccc(OCc2cccc3ccccc23)c(OC)c1. The van der Waals surface area contributed by atoms with E-state index in [1.54, 1.807) is 14.0 Å². The van der Waals surface area contributed by atoms with Crippen LogP contribution < -0.4 is 9.47 Å². The zero-order chi connectivity index (χ0) is 24.4. The van der Waals surface area contributed by atoms with Crippen LogP contribution in [0, 0.1) is 0 Å². The number of thioether (sulfide) groups is 1. The van der Waals surface area contributed by atoms with Crippen LogP contribution in [0.25, 0.3) is 10.8 Å². The first-order chi connectivity index (χ1) is 17.1. The van der Waals surface area contributed by atoms with E-state index in [0.29, 0.717) is 36.0 Å². The van der Waals surface area contributed by atoms with Crippen LogP contribution in [-0.4, -0.2) is 29.8 Å². The number of ether oxygens (including phenoxy) is 3. The van der Waals surface area contributed by atoms with E-state index >= 15 is 0 Å². The summed E-state index contributed by atoms with van der Waals surface area (Å²) in [7, 11) is 1.62. The number of fused-ring (bicyclic) bond motifs is 2. The first-order valence-electron chi connectivity index (χ1n) is 11.5. The summed E-state index contributed by atoms with van der Waals surface area (Å²) in [5.74, 6) is 0.875. The minimum absolute atomic E-state index is 0.299. The van der Waals surface area contributed by atoms with Gasteiger partial charge in [-0.05, 0) is 53.3 Å². The number of esters is 1. The number of carbonyl (C=O) groups is 1. The number of nitrogens with zero attached hydrogens (tertiary/aromatic N) is 2. The Kier molecular flexibility index (Phi) is 6.51. The Morgan fingerprint density at radius 2 is 1.91 bits per heavy atom. The van der Waals surface area contributed by atoms with E-state index in [0.717, 1.165) is 21.7 Å². The molecule has 2 heterocycles. The van der Waals surface area contributed by atoms with Crippen molar-refractivity contribution in [3.63, 3.8) is 0 Å². The van der Waals surface area contributed by atoms with Gasteiger partial charge >= 0.3 is 5.97 Å². The van der Waals surface area contributed by atoms with Gasteiger partial charge in [0.15, 0.2) is 16.7 Å². The van der Waals surface area contributed by atoms with Crippen LogP contribution in [0.2, 0.25) is 0 Å². The minimum Gasteiger partial charge on any atom is -0.493 e. The number of benzene rings is 3. The monoisotopic (exact) mass is 486 g/mol. The maximum atomic E-state index is 12.9. The topological polar surface area (TPSA) is 60.4 Å². The molecule has 0 spiro atoms. The van der Waals surface area contributed by atoms with E-state index in [4.69, 9.17) is 14.2 Å². The predicted molar refractivity (Wildman–Crippen MR) is 139 cm³/mol. The van der Waals surface area contributed by atoms with Crippen LogP contribution in [0.3, 0.4) is 0 Å². The molecule has 0 aromatic heterocycles. The third-order valence-corrected chi connectivity index (χ3v) is 6.85. The van der Waals surface area contributed by atoms with Crippen molar-refractivity contribution in [3.05, 3.63) is 94.7 Å². The second kappa shape index (κ2) is 9.88. The van der Waals surface area contributed by atoms with Gasteiger partial charge in [0.25, 0.3) is 0 Å². The van der Waals surface area contributed by atoms with Gasteiger partial charge in [-0.15, -0.1) is 0 Å². The number of aliphatic imine (C=N–C) groups is 1. The molecule has 6 nitrogen and oxygen atoms in total. The molecule has 0 aliphatic carbocycles. The van der Waals surface area contributed by atoms with Gasteiger partial charge in [-0.2, -0.15) is 0 Å². The highest BCUT2D eigenvalue weighted by Gasteiger charge is 2.37. The molecule has 0 saturated carbocycles. The molecule has 3 aromatic rings. The Balaban J connectivity index is 1.46. The van der Waals surface area contributed by atoms with Gasteiger partial charge < -0.3 is 19.1 Å². The normalized spacial score (nSPS) is 16.8. The van der Waals surface area contributed by atoms with Crippen LogP contribution in [0.5, 0.6) is 11.5 Å². The van der Waals surface area contributed by atoms with Crippen molar-refractivity contribution in [2.75, 3.05) is 13.7 Å². The molecule has 0 fully saturated rings. The molecule has 0 saturated heterocycles. The highest BCUT2D eigenvalue weighted by atomic mass is 32.2. The summed E-state index contributed by atoms with van der Waals surface area (Å²) in [5, 5.41) is 5.14. The van der Waals surface area contributed by atoms with Gasteiger partial charge in [0.2, 0.25) is 0 Å². The fraction of sp³-hybridized carbons (Fsp3) is 0.214. The van der Waals surface area contributed by atoms with Gasteiger partial charge in [0.05, 0.1) is 31.0 Å². The first kappa shape index (κ1) is 23.1. The molecule has 5 rings (SSSR count). The number of amidine groups is 1. The molecule has 0 radical (unpaired) electrons. The third kappa shape index (κ3) is 4.39. The summed E-state index contributed by atoms with van der Waals surface area (Å²) < 4.78 is 17.3. The van der Waals surface area contributed by atoms with Crippen molar-refractivity contribution < 1.29 is 19.0 Å². The number of rotatable bonds is 7. The van der Waals surface area contributed by atoms with Crippen molar-refractivity contribution in [1.29, 1.82) is 0 Å². The molecular formula is C28H26N2O4S. The fourth-order valence-electron chi connectivity index (χ4n) is 4.45. The Hall–Kier alpha value is -3.71. The third-order valence-electron chi connectivity index (χ3n) is 6.08. The van der Waals surface area contributed by atoms with Gasteiger partial charge in [-0.25, -0.2) is 9.79 Å². The van der Waals surface area contributed by atoms with E-state index < -0.39 is 0 Å². The minimum atomic E-state index is -0.367. The Bertz CT molecular complexity index is 1370. The summed E-state index contributed by atoms with van der Waals surface area (Å²) in [5.41, 5.74) is 3.17. The molecule has 1 atom stereocenters. The lowest BCUT2D eigenvalue weighted by Gasteiger charge is -2.33. The van der Waals surface area contributed by atoms with Crippen molar-refractivity contribution in [2.45, 2.75) is 26.5 Å². The van der Waals surface area contributed by atoms with Crippen LogP contribution in [0.1, 0.15) is 31.0 Å². The summed E-state index contributed by atoms with van der Waals surface area (Å²) in [6.45, 7) is 4.36. The highest BCUT2D eigenvalue weighted by Crippen LogP contribution is 2.43. The quantitative estimate of drug-likeness (QED) is 0.371. The number of carbonyl (C=O) groups excluding carboxylic acids is 1. The molecule has 35 heavy (non-hydrogen) atoms. The van der Waals surface area contributed by atoms with Crippen LogP contribution in [0.15, 0.2) is 88.5 Å². The molecule has 0 amide bonds. The molecule has 2 aliphatic heterocycles. The predicted octanol–water partition coefficient (Wildman–Crippen LogP) is 6.20. The first-order valence-corrected chi connectivity index (χ1v) is 12.3. The lowest BCUT2D eigenvalue weighted by molar-refractivity contribution is -0.139. The molecular weight excluding hydrogens is 460 g/mol. The summed E-state index contributed by atoms with van der Waals surface area (Å²) in [6.07, 6.45) is 1.94. The molecule has 0 N–H and O–H groups in total. The largest absolute Gasteiger partial charge is 0.493 e. The number of hydrogen-bond donors (Lipinski definition) is 0. The maximum absolute atomic E-state index is 12.9. The van der Waals surface area contributed by atoms with E-state index in [-0.39, 0.29) is 12.0 Å². The lowest BCUT2D eigenvalue weighted by atomic mass is 9.94. The molecule has 178 valence electrons. The molecule has 0 unspecified atom stereocenters. The van der Waals surface area contributed by atoms with Crippen LogP contribution in [0.4, 0.5) is 0 Å². The maximum Gasteiger partial charge on any atom is 0.338 e. The molecule has 0 bridgehead atoms. The Morgan fingerprint density at radius 3 is 2.74 bits per heavy atom. The van der Waals surface area contributed by atoms with Crippen LogP contribution in [-0.2, 0) is 16.1 Å². The Labute approximate surface area is 208 Å². The highest BCUT2D eigenvalue weighted by molar-refractivity contribution is 8.16. The summed E-state index contributed by atoms with van der Waals surface area (Å²) in [4.78, 5) is 19.5. The summed E-state index contributed by atoms with van der Waals surface area (Å²) in [6, 6.07) is 19.9. The standard InChI is InChI=1S/C28H26N2O4S/c1-4-33-27(31)25-18(2)29-28-30(14-15-35-28)26(25)20-12-13-23(24(16-20)32-3)34-17-21-10-7-9-19-8-5-6-11-22(19)21/h5-16,26H,4,17H2,1-3H3/t26-/m1/s1. The van der Waals surface area contributed by atoms with Crippen LogP contribution >= 0.6 is 11.8 Å². The van der Waals surface area contributed by atoms with E-state index in [2.05, 4.69) is 29.3 Å². The second-order valence-corrected chi connectivity index (χ2v) is 9.04. The van der Waals surface area contributed by atoms with Gasteiger partial charge in [0.1, 0.15) is 6.61 Å². The number of methoxy groups -OCH3 is 1. The molecule has 3 aromatic carbocycles. The zero-order valence-corrected chi connectivity index (χ0v) is 20.7. The van der Waals surface area contributed by atoms with Crippen molar-refractivity contribution >= 4 is 33.7 Å². The smallest absolute Gasteiger partial charge is 0.338 e. The van der Waals surface area contributed by atoms with Crippen molar-refractivity contribution in [3.8, 4) is 11.5 Å². The van der Waals surface area contributed by atoms with Gasteiger partial charge in [0, 0.05) is 6.20 Å². The van der Waals surface area contributed by atoms with Crippen molar-refractivity contribution in [2.24, 2.45) is 4.99 Å². The van der Waals surface area contributed by atoms with E-state index in [1.807, 2.05) is 59.8 Å². The molecule has 7 heteroatoms. The van der Waals surface area contributed by atoms with Crippen molar-refractivity contribution in [1.82, 2.24) is 4.90 Å². The van der Waals surface area contributed by atoms with E-state index in [9.17, 15) is 4.79 Å². The molecule has 2 aliphatic rings. The van der Waals surface area contributed by atoms with Gasteiger partial charge in [-0.3, -0.25) is 0 Å². The average Bonchev–Trinajstić information content (AvgIpc) is 3.34. The second-order valence-electron chi connectivity index (χ2n) is 8.16.